The maximum atomic E-state index is 12.3. The Morgan fingerprint density at radius 2 is 2.20 bits per heavy atom. The molecule has 2 heterocycles. The van der Waals surface area contributed by atoms with Crippen LogP contribution in [0.5, 0.6) is 5.75 Å². The van der Waals surface area contributed by atoms with E-state index in [0.29, 0.717) is 12.2 Å². The Hall–Kier alpha value is -3.06. The molecule has 0 radical (unpaired) electrons. The number of esters is 1. The number of carbonyl (C=O) groups is 1. The maximum absolute atomic E-state index is 12.3. The summed E-state index contributed by atoms with van der Waals surface area (Å²) in [6, 6.07) is 3.78. The molecular formula is C21H28N6O3. The van der Waals surface area contributed by atoms with Gasteiger partial charge in [-0.05, 0) is 64.1 Å². The molecule has 160 valence electrons. The van der Waals surface area contributed by atoms with Crippen molar-refractivity contribution in [1.29, 1.82) is 0 Å². The van der Waals surface area contributed by atoms with Crippen LogP contribution in [-0.2, 0) is 23.1 Å². The van der Waals surface area contributed by atoms with Crippen molar-refractivity contribution in [2.45, 2.75) is 65.2 Å². The number of hydrogen-bond acceptors (Lipinski definition) is 6. The lowest BCUT2D eigenvalue weighted by Gasteiger charge is -2.29. The van der Waals surface area contributed by atoms with Crippen molar-refractivity contribution in [3.63, 3.8) is 0 Å². The Balaban J connectivity index is 1.72. The number of aromatic nitrogens is 3. The van der Waals surface area contributed by atoms with Crippen LogP contribution < -0.4 is 4.74 Å². The van der Waals surface area contributed by atoms with E-state index in [0.717, 1.165) is 41.9 Å². The first-order chi connectivity index (χ1) is 14.4. The second-order valence-corrected chi connectivity index (χ2v) is 7.89. The van der Waals surface area contributed by atoms with Gasteiger partial charge in [-0.15, -0.1) is 0 Å². The second kappa shape index (κ2) is 9.63. The minimum absolute atomic E-state index is 0.0336. The van der Waals surface area contributed by atoms with Crippen molar-refractivity contribution in [3.05, 3.63) is 40.2 Å². The molecule has 0 saturated heterocycles. The molecule has 1 saturated carbocycles. The van der Waals surface area contributed by atoms with E-state index in [2.05, 4.69) is 20.1 Å². The molecular weight excluding hydrogens is 384 g/mol. The van der Waals surface area contributed by atoms with E-state index in [9.17, 15) is 4.79 Å². The van der Waals surface area contributed by atoms with Gasteiger partial charge in [0.15, 0.2) is 0 Å². The van der Waals surface area contributed by atoms with Crippen molar-refractivity contribution in [2.75, 3.05) is 0 Å². The second-order valence-electron chi connectivity index (χ2n) is 7.89. The lowest BCUT2D eigenvalue weighted by molar-refractivity contribution is -0.154. The third-order valence-corrected chi connectivity index (χ3v) is 5.26. The highest BCUT2D eigenvalue weighted by molar-refractivity contribution is 5.72. The Morgan fingerprint density at radius 3 is 2.90 bits per heavy atom. The minimum atomic E-state index is -0.132. The molecule has 0 aromatic carbocycles. The number of ether oxygens (including phenoxy) is 2. The zero-order valence-corrected chi connectivity index (χ0v) is 17.9. The highest BCUT2D eigenvalue weighted by Crippen LogP contribution is 2.31. The van der Waals surface area contributed by atoms with Crippen molar-refractivity contribution in [1.82, 2.24) is 14.8 Å². The standard InChI is InChI=1S/C21H28N6O3/c1-13(2)29-21(28)15-6-5-7-16(10-15)30-20-9-8-18(25-14(20)3)17-11-24-27(4)19(17)12-23-26-22/h8-9,11,13,15-16H,5-7,10,12H2,1-4H3/t15-,16-/m0/s1. The van der Waals surface area contributed by atoms with E-state index in [1.165, 1.54) is 0 Å². The summed E-state index contributed by atoms with van der Waals surface area (Å²) in [4.78, 5) is 19.8. The van der Waals surface area contributed by atoms with Gasteiger partial charge in [-0.1, -0.05) is 5.11 Å². The van der Waals surface area contributed by atoms with Crippen molar-refractivity contribution in [2.24, 2.45) is 18.1 Å². The van der Waals surface area contributed by atoms with E-state index in [1.807, 2.05) is 32.9 Å². The van der Waals surface area contributed by atoms with Gasteiger partial charge in [-0.2, -0.15) is 5.10 Å². The maximum Gasteiger partial charge on any atom is 0.309 e. The molecule has 1 aliphatic carbocycles. The van der Waals surface area contributed by atoms with Crippen LogP contribution in [-0.4, -0.2) is 32.9 Å². The van der Waals surface area contributed by atoms with Gasteiger partial charge in [0.25, 0.3) is 0 Å². The van der Waals surface area contributed by atoms with Gasteiger partial charge in [0.2, 0.25) is 0 Å². The van der Waals surface area contributed by atoms with E-state index in [-0.39, 0.29) is 30.6 Å². The van der Waals surface area contributed by atoms with Crippen molar-refractivity contribution in [3.8, 4) is 17.0 Å². The number of rotatable bonds is 7. The van der Waals surface area contributed by atoms with Gasteiger partial charge < -0.3 is 9.47 Å². The average molecular weight is 412 g/mol. The van der Waals surface area contributed by atoms with Gasteiger partial charge >= 0.3 is 5.97 Å². The van der Waals surface area contributed by atoms with Crippen LogP contribution in [0.4, 0.5) is 0 Å². The van der Waals surface area contributed by atoms with Gasteiger partial charge in [-0.3, -0.25) is 9.48 Å². The van der Waals surface area contributed by atoms with Crippen LogP contribution >= 0.6 is 0 Å². The molecule has 1 aliphatic rings. The topological polar surface area (TPSA) is 115 Å². The van der Waals surface area contributed by atoms with Crippen LogP contribution in [0.25, 0.3) is 21.7 Å². The Labute approximate surface area is 176 Å². The molecule has 0 aliphatic heterocycles. The summed E-state index contributed by atoms with van der Waals surface area (Å²) in [5.41, 5.74) is 11.8. The molecule has 0 N–H and O–H groups in total. The molecule has 0 spiro atoms. The van der Waals surface area contributed by atoms with E-state index < -0.39 is 0 Å². The van der Waals surface area contributed by atoms with Crippen LogP contribution in [0, 0.1) is 12.8 Å². The third-order valence-electron chi connectivity index (χ3n) is 5.26. The molecule has 0 bridgehead atoms. The number of aryl methyl sites for hydroxylation is 2. The zero-order valence-electron chi connectivity index (χ0n) is 17.9. The van der Waals surface area contributed by atoms with Crippen LogP contribution in [0.1, 0.15) is 50.9 Å². The first kappa shape index (κ1) is 21.6. The number of hydrogen-bond donors (Lipinski definition) is 0. The summed E-state index contributed by atoms with van der Waals surface area (Å²) in [6.45, 7) is 5.84. The summed E-state index contributed by atoms with van der Waals surface area (Å²) in [6.07, 6.45) is 4.93. The third kappa shape index (κ3) is 5.10. The number of azide groups is 1. The van der Waals surface area contributed by atoms with Crippen LogP contribution in [0.15, 0.2) is 23.4 Å². The molecule has 9 heteroatoms. The quantitative estimate of drug-likeness (QED) is 0.287. The highest BCUT2D eigenvalue weighted by Gasteiger charge is 2.30. The normalized spacial score (nSPS) is 18.7. The van der Waals surface area contributed by atoms with Crippen molar-refractivity contribution < 1.29 is 14.3 Å². The zero-order chi connectivity index (χ0) is 21.7. The molecule has 3 rings (SSSR count). The molecule has 30 heavy (non-hydrogen) atoms. The van der Waals surface area contributed by atoms with Crippen molar-refractivity contribution >= 4 is 5.97 Å². The number of pyridine rings is 1. The van der Waals surface area contributed by atoms with Crippen LogP contribution in [0.3, 0.4) is 0 Å². The Kier molecular flexibility index (Phi) is 6.95. The molecule has 0 amide bonds. The molecule has 2 aromatic rings. The van der Waals surface area contributed by atoms with E-state index >= 15 is 0 Å². The summed E-state index contributed by atoms with van der Waals surface area (Å²) in [5.74, 6) is 0.465. The molecule has 0 unspecified atom stereocenters. The van der Waals surface area contributed by atoms with Crippen LogP contribution in [0.2, 0.25) is 0 Å². The average Bonchev–Trinajstić information content (AvgIpc) is 3.08. The van der Waals surface area contributed by atoms with E-state index in [4.69, 9.17) is 15.0 Å². The first-order valence-electron chi connectivity index (χ1n) is 10.3. The lowest BCUT2D eigenvalue weighted by Crippen LogP contribution is -2.31. The minimum Gasteiger partial charge on any atom is -0.489 e. The summed E-state index contributed by atoms with van der Waals surface area (Å²) in [5, 5.41) is 7.90. The smallest absolute Gasteiger partial charge is 0.309 e. The molecule has 2 aromatic heterocycles. The largest absolute Gasteiger partial charge is 0.489 e. The number of nitrogens with zero attached hydrogens (tertiary/aromatic N) is 6. The molecule has 1 fully saturated rings. The summed E-state index contributed by atoms with van der Waals surface area (Å²) < 4.78 is 13.3. The van der Waals surface area contributed by atoms with Gasteiger partial charge in [0, 0.05) is 17.5 Å². The fourth-order valence-electron chi connectivity index (χ4n) is 3.76. The molecule has 2 atom stereocenters. The van der Waals surface area contributed by atoms with Gasteiger partial charge in [-0.25, -0.2) is 4.98 Å². The fourth-order valence-corrected chi connectivity index (χ4v) is 3.76. The monoisotopic (exact) mass is 412 g/mol. The Morgan fingerprint density at radius 1 is 1.40 bits per heavy atom. The fraction of sp³-hybridized carbons (Fsp3) is 0.571. The summed E-state index contributed by atoms with van der Waals surface area (Å²) in [7, 11) is 1.81. The predicted molar refractivity (Wildman–Crippen MR) is 112 cm³/mol. The number of carbonyl (C=O) groups excluding carboxylic acids is 1. The van der Waals surface area contributed by atoms with Gasteiger partial charge in [0.1, 0.15) is 5.75 Å². The molecule has 9 nitrogen and oxygen atoms in total. The van der Waals surface area contributed by atoms with E-state index in [1.54, 1.807) is 17.9 Å². The SMILES string of the molecule is Cc1nc(-c2cnn(C)c2CN=[N+]=[N-])ccc1O[C@H]1CCC[C@H](C(=O)OC(C)C)C1. The highest BCUT2D eigenvalue weighted by atomic mass is 16.5. The lowest BCUT2D eigenvalue weighted by atomic mass is 9.87. The first-order valence-corrected chi connectivity index (χ1v) is 10.3. The Bertz CT molecular complexity index is 948. The predicted octanol–water partition coefficient (Wildman–Crippen LogP) is 4.49. The summed E-state index contributed by atoms with van der Waals surface area (Å²) >= 11 is 0. The van der Waals surface area contributed by atoms with Gasteiger partial charge in [0.05, 0.1) is 47.9 Å².